The lowest BCUT2D eigenvalue weighted by Crippen LogP contribution is -2.20. The molecular weight excluding hydrogens is 289 g/mol. The van der Waals surface area contributed by atoms with Gasteiger partial charge in [0.05, 0.1) is 30.0 Å². The molecule has 0 heterocycles. The standard InChI is InChI=1S/C13H13F3N2O3/c1-20-4-5-21-8-12(19)18-11-3-2-10(13(14,15)16)6-9(11)7-17/h2-3,6H,4-5,8H2,1H3,(H,18,19). The van der Waals surface area contributed by atoms with E-state index in [2.05, 4.69) is 5.32 Å². The molecule has 1 amide bonds. The molecule has 5 nitrogen and oxygen atoms in total. The molecular formula is C13H13F3N2O3. The van der Waals surface area contributed by atoms with Crippen molar-refractivity contribution in [3.8, 4) is 6.07 Å². The van der Waals surface area contributed by atoms with Crippen LogP contribution < -0.4 is 5.32 Å². The molecule has 0 aromatic heterocycles. The van der Waals surface area contributed by atoms with E-state index >= 15 is 0 Å². The van der Waals surface area contributed by atoms with E-state index in [1.54, 1.807) is 6.07 Å². The molecule has 0 aliphatic carbocycles. The lowest BCUT2D eigenvalue weighted by atomic mass is 10.1. The maximum Gasteiger partial charge on any atom is 0.416 e. The van der Waals surface area contributed by atoms with Gasteiger partial charge in [-0.25, -0.2) is 0 Å². The number of halogens is 3. The Kier molecular flexibility index (Phi) is 6.14. The number of hydrogen-bond donors (Lipinski definition) is 1. The van der Waals surface area contributed by atoms with Crippen LogP contribution in [0.5, 0.6) is 0 Å². The molecule has 0 atom stereocenters. The van der Waals surface area contributed by atoms with Crippen molar-refractivity contribution in [1.82, 2.24) is 0 Å². The van der Waals surface area contributed by atoms with Gasteiger partial charge in [-0.1, -0.05) is 0 Å². The van der Waals surface area contributed by atoms with Crippen molar-refractivity contribution in [2.24, 2.45) is 0 Å². The number of nitriles is 1. The fraction of sp³-hybridized carbons (Fsp3) is 0.385. The quantitative estimate of drug-likeness (QED) is 0.818. The number of ether oxygens (including phenoxy) is 2. The third-order valence-corrected chi connectivity index (χ3v) is 2.41. The topological polar surface area (TPSA) is 71.3 Å². The monoisotopic (exact) mass is 302 g/mol. The number of rotatable bonds is 6. The van der Waals surface area contributed by atoms with Crippen LogP contribution in [0.25, 0.3) is 0 Å². The van der Waals surface area contributed by atoms with E-state index in [9.17, 15) is 18.0 Å². The molecule has 114 valence electrons. The van der Waals surface area contributed by atoms with Crippen molar-refractivity contribution >= 4 is 11.6 Å². The molecule has 8 heteroatoms. The van der Waals surface area contributed by atoms with Gasteiger partial charge in [0.25, 0.3) is 0 Å². The van der Waals surface area contributed by atoms with Crippen LogP contribution in [-0.2, 0) is 20.4 Å². The minimum Gasteiger partial charge on any atom is -0.382 e. The predicted octanol–water partition coefficient (Wildman–Crippen LogP) is 2.18. The van der Waals surface area contributed by atoms with Gasteiger partial charge in [0.2, 0.25) is 5.91 Å². The number of nitrogens with zero attached hydrogens (tertiary/aromatic N) is 1. The van der Waals surface area contributed by atoms with Gasteiger partial charge in [0.1, 0.15) is 12.7 Å². The van der Waals surface area contributed by atoms with Crippen LogP contribution in [-0.4, -0.2) is 32.8 Å². The van der Waals surface area contributed by atoms with Gasteiger partial charge in [-0.2, -0.15) is 18.4 Å². The first-order valence-electron chi connectivity index (χ1n) is 5.86. The zero-order valence-corrected chi connectivity index (χ0v) is 11.2. The lowest BCUT2D eigenvalue weighted by Gasteiger charge is -2.11. The molecule has 1 aromatic carbocycles. The number of anilines is 1. The van der Waals surface area contributed by atoms with Gasteiger partial charge in [0, 0.05) is 7.11 Å². The second-order valence-electron chi connectivity index (χ2n) is 3.96. The van der Waals surface area contributed by atoms with E-state index in [0.717, 1.165) is 12.1 Å². The Hall–Kier alpha value is -2.11. The smallest absolute Gasteiger partial charge is 0.382 e. The van der Waals surface area contributed by atoms with Gasteiger partial charge in [-0.05, 0) is 18.2 Å². The highest BCUT2D eigenvalue weighted by Crippen LogP contribution is 2.31. The van der Waals surface area contributed by atoms with Crippen LogP contribution in [0.4, 0.5) is 18.9 Å². The predicted molar refractivity (Wildman–Crippen MR) is 67.5 cm³/mol. The third-order valence-electron chi connectivity index (χ3n) is 2.41. The van der Waals surface area contributed by atoms with Gasteiger partial charge >= 0.3 is 6.18 Å². The van der Waals surface area contributed by atoms with Gasteiger partial charge in [-0.15, -0.1) is 0 Å². The number of carbonyl (C=O) groups is 1. The van der Waals surface area contributed by atoms with Crippen LogP contribution in [0.2, 0.25) is 0 Å². The van der Waals surface area contributed by atoms with Crippen molar-refractivity contribution in [2.45, 2.75) is 6.18 Å². The zero-order valence-electron chi connectivity index (χ0n) is 11.2. The molecule has 1 rings (SSSR count). The highest BCUT2D eigenvalue weighted by Gasteiger charge is 2.31. The minimum atomic E-state index is -4.54. The second-order valence-corrected chi connectivity index (χ2v) is 3.96. The number of carbonyl (C=O) groups excluding carboxylic acids is 1. The summed E-state index contributed by atoms with van der Waals surface area (Å²) >= 11 is 0. The van der Waals surface area contributed by atoms with Gasteiger partial charge in [0.15, 0.2) is 0 Å². The van der Waals surface area contributed by atoms with Crippen LogP contribution >= 0.6 is 0 Å². The van der Waals surface area contributed by atoms with Crippen molar-refractivity contribution in [3.63, 3.8) is 0 Å². The van der Waals surface area contributed by atoms with Crippen molar-refractivity contribution in [3.05, 3.63) is 29.3 Å². The first-order valence-corrected chi connectivity index (χ1v) is 5.86. The highest BCUT2D eigenvalue weighted by molar-refractivity contribution is 5.93. The Bertz CT molecular complexity index is 538. The summed E-state index contributed by atoms with van der Waals surface area (Å²) in [6.45, 7) is 0.244. The molecule has 0 radical (unpaired) electrons. The van der Waals surface area contributed by atoms with Crippen molar-refractivity contribution in [2.75, 3.05) is 32.2 Å². The molecule has 1 N–H and O–H groups in total. The number of nitrogens with one attached hydrogen (secondary N) is 1. The van der Waals surface area contributed by atoms with E-state index in [1.165, 1.54) is 7.11 Å². The molecule has 0 aliphatic heterocycles. The Balaban J connectivity index is 2.71. The van der Waals surface area contributed by atoms with Gasteiger partial charge < -0.3 is 14.8 Å². The van der Waals surface area contributed by atoms with Crippen LogP contribution in [0.15, 0.2) is 18.2 Å². The summed E-state index contributed by atoms with van der Waals surface area (Å²) in [5.74, 6) is -0.567. The summed E-state index contributed by atoms with van der Waals surface area (Å²) in [6.07, 6.45) is -4.54. The highest BCUT2D eigenvalue weighted by atomic mass is 19.4. The second kappa shape index (κ2) is 7.61. The number of alkyl halides is 3. The fourth-order valence-corrected chi connectivity index (χ4v) is 1.42. The number of methoxy groups -OCH3 is 1. The fourth-order valence-electron chi connectivity index (χ4n) is 1.42. The largest absolute Gasteiger partial charge is 0.416 e. The first-order chi connectivity index (χ1) is 9.88. The van der Waals surface area contributed by atoms with E-state index < -0.39 is 17.6 Å². The van der Waals surface area contributed by atoms with E-state index in [4.69, 9.17) is 14.7 Å². The molecule has 0 unspecified atom stereocenters. The van der Waals surface area contributed by atoms with E-state index in [1.807, 2.05) is 0 Å². The summed E-state index contributed by atoms with van der Waals surface area (Å²) in [5, 5.41) is 11.2. The van der Waals surface area contributed by atoms with Crippen LogP contribution in [0.3, 0.4) is 0 Å². The SMILES string of the molecule is COCCOCC(=O)Nc1ccc(C(F)(F)F)cc1C#N. The molecule has 21 heavy (non-hydrogen) atoms. The summed E-state index contributed by atoms with van der Waals surface area (Å²) in [4.78, 5) is 11.5. The average molecular weight is 302 g/mol. The van der Waals surface area contributed by atoms with E-state index in [-0.39, 0.29) is 24.5 Å². The first kappa shape index (κ1) is 16.9. The van der Waals surface area contributed by atoms with Crippen molar-refractivity contribution < 1.29 is 27.4 Å². The Morgan fingerprint density at radius 3 is 2.67 bits per heavy atom. The molecule has 0 saturated carbocycles. The summed E-state index contributed by atoms with van der Waals surface area (Å²) < 4.78 is 47.2. The number of benzene rings is 1. The Morgan fingerprint density at radius 2 is 2.10 bits per heavy atom. The molecule has 1 aromatic rings. The molecule has 0 fully saturated rings. The minimum absolute atomic E-state index is 0.00541. The summed E-state index contributed by atoms with van der Waals surface area (Å²) in [6, 6.07) is 4.13. The maximum absolute atomic E-state index is 12.5. The van der Waals surface area contributed by atoms with Crippen molar-refractivity contribution in [1.29, 1.82) is 5.26 Å². The van der Waals surface area contributed by atoms with Crippen LogP contribution in [0.1, 0.15) is 11.1 Å². The Morgan fingerprint density at radius 1 is 1.38 bits per heavy atom. The molecule has 0 spiro atoms. The lowest BCUT2D eigenvalue weighted by molar-refractivity contribution is -0.137. The summed E-state index contributed by atoms with van der Waals surface area (Å²) in [7, 11) is 1.48. The maximum atomic E-state index is 12.5. The van der Waals surface area contributed by atoms with E-state index in [0.29, 0.717) is 12.7 Å². The average Bonchev–Trinajstić information content (AvgIpc) is 2.43. The Labute approximate surface area is 119 Å². The van der Waals surface area contributed by atoms with Gasteiger partial charge in [-0.3, -0.25) is 4.79 Å². The summed E-state index contributed by atoms with van der Waals surface area (Å²) in [5.41, 5.74) is -1.21. The zero-order chi connectivity index (χ0) is 15.9. The number of amides is 1. The van der Waals surface area contributed by atoms with Crippen LogP contribution in [0, 0.1) is 11.3 Å². The normalized spacial score (nSPS) is 11.0. The number of hydrogen-bond acceptors (Lipinski definition) is 4. The molecule has 0 bridgehead atoms. The third kappa shape index (κ3) is 5.41. The molecule has 0 aliphatic rings. The molecule has 0 saturated heterocycles.